The van der Waals surface area contributed by atoms with E-state index in [9.17, 15) is 57.8 Å². The van der Waals surface area contributed by atoms with Gasteiger partial charge in [0.25, 0.3) is 0 Å². The first-order valence-electron chi connectivity index (χ1n) is 32.9. The third-order valence-corrected chi connectivity index (χ3v) is 17.6. The van der Waals surface area contributed by atoms with Crippen molar-refractivity contribution in [2.75, 3.05) is 34.8 Å². The van der Waals surface area contributed by atoms with Gasteiger partial charge in [-0.05, 0) is 112 Å². The van der Waals surface area contributed by atoms with Gasteiger partial charge in [-0.2, -0.15) is 0 Å². The number of tetrazole rings is 1. The minimum absolute atomic E-state index is 0.0818. The summed E-state index contributed by atoms with van der Waals surface area (Å²) < 4.78 is 7.83. The second-order valence-electron chi connectivity index (χ2n) is 27.4. The number of unbranched alkanes of at least 4 members (excludes halogenated alkanes) is 1. The number of Topliss-reactive ketones (excluding diaryl/α,β-unsaturated/α-hetero) is 5. The van der Waals surface area contributed by atoms with Gasteiger partial charge in [0, 0.05) is 97.6 Å². The Kier molecular flexibility index (Phi) is 34.4. The smallest absolute Gasteiger partial charge is 0.245 e. The molecule has 23 heteroatoms. The summed E-state index contributed by atoms with van der Waals surface area (Å²) in [6, 6.07) is -6.70. The van der Waals surface area contributed by atoms with Gasteiger partial charge >= 0.3 is 0 Å². The van der Waals surface area contributed by atoms with Crippen molar-refractivity contribution in [1.82, 2.24) is 50.4 Å². The third-order valence-electron chi connectivity index (χ3n) is 17.6. The maximum Gasteiger partial charge on any atom is 0.245 e. The van der Waals surface area contributed by atoms with Crippen molar-refractivity contribution in [2.45, 2.75) is 249 Å². The summed E-state index contributed by atoms with van der Waals surface area (Å²) in [4.78, 5) is 166. The number of rotatable bonds is 20. The van der Waals surface area contributed by atoms with Crippen molar-refractivity contribution >= 4 is 64.4 Å². The van der Waals surface area contributed by atoms with E-state index in [0.29, 0.717) is 25.8 Å². The molecule has 13 atom stereocenters. The summed E-state index contributed by atoms with van der Waals surface area (Å²) in [6.45, 7) is 29.1. The third kappa shape index (κ3) is 24.5. The molecule has 2 rings (SSSR count). The van der Waals surface area contributed by atoms with Crippen LogP contribution < -0.4 is 10.6 Å². The van der Waals surface area contributed by atoms with Gasteiger partial charge in [0.15, 0.2) is 28.9 Å². The lowest BCUT2D eigenvalue weighted by atomic mass is 9.82. The number of aliphatic hydroxyl groups excluding tert-OH is 1. The topological polar surface area (TPSA) is 298 Å². The first kappa shape index (κ1) is 80.0. The van der Waals surface area contributed by atoms with Crippen molar-refractivity contribution < 1.29 is 62.6 Å². The molecule has 1 fully saturated rings. The largest absolute Gasteiger partial charge is 0.392 e. The van der Waals surface area contributed by atoms with Gasteiger partial charge in [-0.25, -0.2) is 4.68 Å². The molecule has 0 aromatic carbocycles. The number of aryl methyl sites for hydroxylation is 1. The van der Waals surface area contributed by atoms with E-state index in [-0.39, 0.29) is 82.1 Å². The fraction of sp³-hybridized carbons (Fsp3) is 0.791. The number of allylic oxidation sites excluding steroid dienone is 2. The lowest BCUT2D eigenvalue weighted by Gasteiger charge is -2.36. The van der Waals surface area contributed by atoms with Gasteiger partial charge in [-0.3, -0.25) is 52.7 Å². The van der Waals surface area contributed by atoms with E-state index >= 15 is 0 Å². The fourth-order valence-electron chi connectivity index (χ4n) is 12.2. The highest BCUT2D eigenvalue weighted by Crippen LogP contribution is 2.30. The highest BCUT2D eigenvalue weighted by molar-refractivity contribution is 5.99. The number of nitrogens with zero attached hydrogens (tertiary/aromatic N) is 8. The molecule has 90 heavy (non-hydrogen) atoms. The van der Waals surface area contributed by atoms with Crippen LogP contribution in [0.2, 0.25) is 0 Å². The first-order chi connectivity index (χ1) is 42.0. The lowest BCUT2D eigenvalue weighted by Crippen LogP contribution is -2.53. The molecule has 2 heterocycles. The summed E-state index contributed by atoms with van der Waals surface area (Å²) in [5.74, 6) is -11.9. The predicted molar refractivity (Wildman–Crippen MR) is 344 cm³/mol. The Balaban J connectivity index is 2.88. The van der Waals surface area contributed by atoms with Crippen LogP contribution in [-0.4, -0.2) is 193 Å². The Hall–Kier alpha value is -6.10. The van der Waals surface area contributed by atoms with Gasteiger partial charge in [-0.1, -0.05) is 102 Å². The van der Waals surface area contributed by atoms with Gasteiger partial charge in [0.05, 0.1) is 42.3 Å². The Bertz CT molecular complexity index is 2550. The molecule has 6 amide bonds. The monoisotopic (exact) mass is 1270 g/mol. The molecule has 0 unspecified atom stereocenters. The van der Waals surface area contributed by atoms with Gasteiger partial charge < -0.3 is 40.1 Å². The second-order valence-corrected chi connectivity index (χ2v) is 27.4. The minimum atomic E-state index is -1.39. The van der Waals surface area contributed by atoms with Crippen LogP contribution in [0, 0.1) is 59.2 Å². The van der Waals surface area contributed by atoms with Crippen LogP contribution in [-0.2, 0) is 64.0 Å². The number of hydrogen-bond donors (Lipinski definition) is 3. The molecule has 0 aliphatic carbocycles. The maximum atomic E-state index is 14.9. The van der Waals surface area contributed by atoms with Crippen molar-refractivity contribution in [2.24, 2.45) is 59.2 Å². The molecule has 1 aromatic rings. The summed E-state index contributed by atoms with van der Waals surface area (Å²) in [6.07, 6.45) is 2.92. The van der Waals surface area contributed by atoms with Crippen molar-refractivity contribution in [1.29, 1.82) is 0 Å². The summed E-state index contributed by atoms with van der Waals surface area (Å²) in [5, 5.41) is 28.7. The number of aliphatic hydroxyl groups is 1. The predicted octanol–water partition coefficient (Wildman–Crippen LogP) is 6.66. The standard InChI is InChI=1S/C67H114N10O13/c1-21-23-26-44(13)62(84)50-37-57(81)60(43(11)12)76(20)66(88)48(31-39(3)4)35-56(80)53(33-41(7)8)73(17)65(87)46(15)69-63(85)45(14)34-55(79)52(32-40(5)6)74(18)67(89)49(42(9)10)36-58(82)61(47(16)90-30-25-24-29-77-38-68-71-72-77)75(19)59(83)28-27-54(78)51(22-2)70-64(50)86/h21,23,38-53,60-62,84H,22,24-37H2,1-20H3,(H,69,85)(H,70,86)/b23-21+/t44-,45-,46-,47-,48-,49+,50+,51+,52+,53+,60+,61+,62-/m1/s1. The number of ether oxygens (including phenoxy) is 1. The van der Waals surface area contributed by atoms with Gasteiger partial charge in [0.1, 0.15) is 18.4 Å². The van der Waals surface area contributed by atoms with E-state index in [4.69, 9.17) is 4.74 Å². The summed E-state index contributed by atoms with van der Waals surface area (Å²) in [7, 11) is 5.90. The van der Waals surface area contributed by atoms with E-state index in [1.807, 2.05) is 54.5 Å². The molecular weight excluding hydrogens is 1150 g/mol. The Morgan fingerprint density at radius 2 is 1.17 bits per heavy atom. The number of likely N-dealkylation sites (N-methyl/N-ethyl adjacent to an activating group) is 4. The normalized spacial score (nSPS) is 26.4. The first-order valence-corrected chi connectivity index (χ1v) is 32.9. The molecule has 1 aromatic heterocycles. The highest BCUT2D eigenvalue weighted by atomic mass is 16.5. The van der Waals surface area contributed by atoms with E-state index in [0.717, 1.165) is 0 Å². The molecule has 1 aliphatic rings. The average Bonchev–Trinajstić information content (AvgIpc) is 1.13. The van der Waals surface area contributed by atoms with Crippen molar-refractivity contribution in [3.63, 3.8) is 0 Å². The van der Waals surface area contributed by atoms with Crippen LogP contribution in [0.15, 0.2) is 18.5 Å². The Morgan fingerprint density at radius 1 is 0.611 bits per heavy atom. The van der Waals surface area contributed by atoms with Crippen molar-refractivity contribution in [3.8, 4) is 0 Å². The Labute approximate surface area is 537 Å². The van der Waals surface area contributed by atoms with Crippen LogP contribution in [0.1, 0.15) is 194 Å². The van der Waals surface area contributed by atoms with E-state index < -0.39 is 161 Å². The number of amides is 6. The molecule has 510 valence electrons. The molecule has 0 spiro atoms. The fourth-order valence-corrected chi connectivity index (χ4v) is 12.2. The number of carbonyl (C=O) groups excluding carboxylic acids is 11. The van der Waals surface area contributed by atoms with Crippen LogP contribution >= 0.6 is 0 Å². The van der Waals surface area contributed by atoms with Gasteiger partial charge in [-0.15, -0.1) is 5.10 Å². The molecule has 1 saturated heterocycles. The SMILES string of the molecule is C/C=C/C[C@@H](C)[C@@H](O)[C@@H]1CC(=O)[C@H](C(C)C)N(C)C(=O)[C@H](CC(C)C)CC(=O)[C@H](CC(C)C)N(C)C(=O)[C@@H](C)NC(=O)[C@H](C)CC(=O)[C@H](CC(C)C)N(C)C(=O)[C@H](C(C)C)CC(=O)[C@H]([C@@H](C)OCCCCn2cnnn2)N(C)C(=O)CCC(=O)[C@H](CC)NC1=O. The van der Waals surface area contributed by atoms with E-state index in [1.165, 1.54) is 61.0 Å². The lowest BCUT2D eigenvalue weighted by molar-refractivity contribution is -0.148. The van der Waals surface area contributed by atoms with Crippen LogP contribution in [0.5, 0.6) is 0 Å². The minimum Gasteiger partial charge on any atom is -0.392 e. The number of aromatic nitrogens is 4. The number of hydrogen-bond acceptors (Lipinski definition) is 16. The molecule has 3 N–H and O–H groups in total. The second kappa shape index (κ2) is 38.7. The molecule has 23 nitrogen and oxygen atoms in total. The molecular formula is C67H114N10O13. The van der Waals surface area contributed by atoms with E-state index in [2.05, 4.69) is 26.2 Å². The number of ketones is 5. The van der Waals surface area contributed by atoms with Crippen LogP contribution in [0.25, 0.3) is 0 Å². The number of nitrogens with one attached hydrogen (secondary N) is 2. The number of carbonyl (C=O) groups is 11. The molecule has 0 radical (unpaired) electrons. The van der Waals surface area contributed by atoms with Crippen LogP contribution in [0.3, 0.4) is 0 Å². The Morgan fingerprint density at radius 3 is 1.69 bits per heavy atom. The summed E-state index contributed by atoms with van der Waals surface area (Å²) in [5.41, 5.74) is 0. The maximum absolute atomic E-state index is 14.9. The molecule has 0 bridgehead atoms. The zero-order valence-electron chi connectivity index (χ0n) is 58.2. The highest BCUT2D eigenvalue weighted by Gasteiger charge is 2.43. The molecule has 0 saturated carbocycles. The van der Waals surface area contributed by atoms with Crippen LogP contribution in [0.4, 0.5) is 0 Å². The molecule has 1 aliphatic heterocycles. The van der Waals surface area contributed by atoms with E-state index in [1.54, 1.807) is 66.1 Å². The van der Waals surface area contributed by atoms with Gasteiger partial charge in [0.2, 0.25) is 35.4 Å². The zero-order chi connectivity index (χ0) is 68.6. The average molecular weight is 1270 g/mol. The zero-order valence-corrected chi connectivity index (χ0v) is 58.2. The van der Waals surface area contributed by atoms with Crippen molar-refractivity contribution in [3.05, 3.63) is 18.5 Å². The summed E-state index contributed by atoms with van der Waals surface area (Å²) >= 11 is 0. The quantitative estimate of drug-likeness (QED) is 0.0908.